The van der Waals surface area contributed by atoms with Gasteiger partial charge in [0, 0.05) is 23.7 Å². The van der Waals surface area contributed by atoms with Crippen LogP contribution in [0.3, 0.4) is 0 Å². The second kappa shape index (κ2) is 7.17. The van der Waals surface area contributed by atoms with Crippen molar-refractivity contribution >= 4 is 11.8 Å². The average molecular weight is 292 g/mol. The van der Waals surface area contributed by atoms with Crippen LogP contribution in [0.25, 0.3) is 0 Å². The number of benzene rings is 1. The van der Waals surface area contributed by atoms with Gasteiger partial charge in [0.25, 0.3) is 0 Å². The number of hydrogen-bond donors (Lipinski definition) is 1. The lowest BCUT2D eigenvalue weighted by atomic mass is 10.1. The van der Waals surface area contributed by atoms with E-state index < -0.39 is 11.7 Å². The van der Waals surface area contributed by atoms with Gasteiger partial charge in [-0.2, -0.15) is 13.2 Å². The highest BCUT2D eigenvalue weighted by Gasteiger charge is 2.33. The van der Waals surface area contributed by atoms with Crippen LogP contribution in [0.15, 0.2) is 23.1 Å². The molecule has 0 aromatic heterocycles. The predicted octanol–water partition coefficient (Wildman–Crippen LogP) is 3.08. The van der Waals surface area contributed by atoms with E-state index in [4.69, 9.17) is 0 Å². The molecule has 0 aliphatic heterocycles. The first-order valence-corrected chi connectivity index (χ1v) is 6.95. The number of hydrogen-bond acceptors (Lipinski definition) is 3. The van der Waals surface area contributed by atoms with Gasteiger partial charge in [0.2, 0.25) is 0 Å². The van der Waals surface area contributed by atoms with Gasteiger partial charge in [0.1, 0.15) is 0 Å². The molecule has 0 unspecified atom stereocenters. The largest absolute Gasteiger partial charge is 0.416 e. The zero-order valence-electron chi connectivity index (χ0n) is 11.3. The van der Waals surface area contributed by atoms with E-state index in [9.17, 15) is 13.2 Å². The molecule has 0 saturated carbocycles. The molecule has 108 valence electrons. The van der Waals surface area contributed by atoms with Gasteiger partial charge in [-0.3, -0.25) is 0 Å². The van der Waals surface area contributed by atoms with Crippen LogP contribution in [0.2, 0.25) is 0 Å². The molecule has 0 spiro atoms. The minimum Gasteiger partial charge on any atom is -0.316 e. The maximum Gasteiger partial charge on any atom is 0.416 e. The minimum absolute atomic E-state index is 0.220. The van der Waals surface area contributed by atoms with Crippen molar-refractivity contribution in [1.82, 2.24) is 10.2 Å². The number of thioether (sulfide) groups is 1. The lowest BCUT2D eigenvalue weighted by molar-refractivity contribution is -0.138. The first-order valence-electron chi connectivity index (χ1n) is 5.97. The molecule has 1 aromatic carbocycles. The molecular weight excluding hydrogens is 273 g/mol. The van der Waals surface area contributed by atoms with Crippen molar-refractivity contribution in [2.24, 2.45) is 0 Å². The summed E-state index contributed by atoms with van der Waals surface area (Å²) in [6.07, 6.45) is -4.30. The Morgan fingerprint density at radius 3 is 2.47 bits per heavy atom. The van der Waals surface area contributed by atoms with Gasteiger partial charge in [0.05, 0.1) is 5.56 Å². The Balaban J connectivity index is 2.86. The van der Waals surface area contributed by atoms with Crippen LogP contribution in [-0.4, -0.2) is 38.3 Å². The van der Waals surface area contributed by atoms with Gasteiger partial charge in [-0.15, -0.1) is 11.8 Å². The second-order valence-electron chi connectivity index (χ2n) is 4.50. The van der Waals surface area contributed by atoms with E-state index in [1.807, 2.05) is 19.0 Å². The Hall–Kier alpha value is -0.720. The average Bonchev–Trinajstić information content (AvgIpc) is 2.29. The van der Waals surface area contributed by atoms with Crippen LogP contribution in [0.1, 0.15) is 11.1 Å². The monoisotopic (exact) mass is 292 g/mol. The molecule has 1 rings (SSSR count). The topological polar surface area (TPSA) is 15.3 Å². The van der Waals surface area contributed by atoms with E-state index in [0.717, 1.165) is 12.3 Å². The lowest BCUT2D eigenvalue weighted by Crippen LogP contribution is -2.15. The molecule has 2 nitrogen and oxygen atoms in total. The molecular formula is C13H19F3N2S. The fourth-order valence-electron chi connectivity index (χ4n) is 1.60. The van der Waals surface area contributed by atoms with Crippen molar-refractivity contribution in [2.75, 3.05) is 33.4 Å². The van der Waals surface area contributed by atoms with E-state index in [0.29, 0.717) is 4.90 Å². The summed E-state index contributed by atoms with van der Waals surface area (Å²) < 4.78 is 38.9. The van der Waals surface area contributed by atoms with E-state index in [2.05, 4.69) is 5.32 Å². The molecule has 0 aliphatic carbocycles. The third-order valence-corrected chi connectivity index (χ3v) is 3.54. The van der Waals surface area contributed by atoms with E-state index in [1.165, 1.54) is 17.8 Å². The molecule has 0 heterocycles. The predicted molar refractivity (Wildman–Crippen MR) is 73.5 cm³/mol. The minimum atomic E-state index is -4.30. The zero-order chi connectivity index (χ0) is 14.5. The summed E-state index contributed by atoms with van der Waals surface area (Å²) in [4.78, 5) is 2.67. The first kappa shape index (κ1) is 16.3. The highest BCUT2D eigenvalue weighted by Crippen LogP contribution is 2.34. The molecule has 19 heavy (non-hydrogen) atoms. The summed E-state index contributed by atoms with van der Waals surface area (Å²) in [5.41, 5.74) is -0.260. The van der Waals surface area contributed by atoms with Gasteiger partial charge in [-0.1, -0.05) is 6.07 Å². The molecule has 0 saturated heterocycles. The van der Waals surface area contributed by atoms with Crippen molar-refractivity contribution in [3.63, 3.8) is 0 Å². The first-order chi connectivity index (χ1) is 8.84. The standard InChI is InChI=1S/C13H19F3N2S/c1-17-9-10-4-5-11(19-7-6-18(2)3)8-12(10)13(14,15)16/h4-5,8,17H,6-7,9H2,1-3H3. The number of nitrogens with zero attached hydrogens (tertiary/aromatic N) is 1. The van der Waals surface area contributed by atoms with E-state index >= 15 is 0 Å². The smallest absolute Gasteiger partial charge is 0.316 e. The third kappa shape index (κ3) is 5.42. The van der Waals surface area contributed by atoms with E-state index in [-0.39, 0.29) is 12.1 Å². The maximum absolute atomic E-state index is 13.0. The quantitative estimate of drug-likeness (QED) is 0.811. The highest BCUT2D eigenvalue weighted by molar-refractivity contribution is 7.99. The third-order valence-electron chi connectivity index (χ3n) is 2.56. The fraction of sp³-hybridized carbons (Fsp3) is 0.538. The molecule has 0 fully saturated rings. The fourth-order valence-corrected chi connectivity index (χ4v) is 2.66. The summed E-state index contributed by atoms with van der Waals surface area (Å²) in [6.45, 7) is 1.06. The number of halogens is 3. The van der Waals surface area contributed by atoms with Crippen LogP contribution >= 0.6 is 11.8 Å². The Bertz CT molecular complexity index is 405. The number of rotatable bonds is 6. The highest BCUT2D eigenvalue weighted by atomic mass is 32.2. The van der Waals surface area contributed by atoms with Crippen molar-refractivity contribution in [3.8, 4) is 0 Å². The van der Waals surface area contributed by atoms with Crippen LogP contribution < -0.4 is 5.32 Å². The normalized spacial score (nSPS) is 12.2. The van der Waals surface area contributed by atoms with Gasteiger partial charge < -0.3 is 10.2 Å². The SMILES string of the molecule is CNCc1ccc(SCCN(C)C)cc1C(F)(F)F. The molecule has 1 N–H and O–H groups in total. The summed E-state index contributed by atoms with van der Waals surface area (Å²) in [7, 11) is 5.52. The molecule has 0 bridgehead atoms. The van der Waals surface area contributed by atoms with Crippen LogP contribution in [0, 0.1) is 0 Å². The molecule has 6 heteroatoms. The molecule has 0 amide bonds. The Labute approximate surface area is 116 Å². The summed E-state index contributed by atoms with van der Waals surface area (Å²) in [5.74, 6) is 0.773. The Morgan fingerprint density at radius 2 is 1.95 bits per heavy atom. The van der Waals surface area contributed by atoms with Gasteiger partial charge in [-0.25, -0.2) is 0 Å². The summed E-state index contributed by atoms with van der Waals surface area (Å²) in [5, 5.41) is 2.76. The lowest BCUT2D eigenvalue weighted by Gasteiger charge is -2.15. The molecule has 0 radical (unpaired) electrons. The second-order valence-corrected chi connectivity index (χ2v) is 5.67. The molecule has 0 aliphatic rings. The number of alkyl halides is 3. The van der Waals surface area contributed by atoms with Gasteiger partial charge >= 0.3 is 6.18 Å². The zero-order valence-corrected chi connectivity index (χ0v) is 12.2. The van der Waals surface area contributed by atoms with Crippen LogP contribution in [0.4, 0.5) is 13.2 Å². The Kier molecular flexibility index (Phi) is 6.16. The van der Waals surface area contributed by atoms with E-state index in [1.54, 1.807) is 19.2 Å². The van der Waals surface area contributed by atoms with Crippen molar-refractivity contribution < 1.29 is 13.2 Å². The van der Waals surface area contributed by atoms with Crippen molar-refractivity contribution in [2.45, 2.75) is 17.6 Å². The summed E-state index contributed by atoms with van der Waals surface area (Å²) in [6, 6.07) is 4.55. The van der Waals surface area contributed by atoms with Crippen molar-refractivity contribution in [1.29, 1.82) is 0 Å². The molecule has 0 atom stereocenters. The van der Waals surface area contributed by atoms with Crippen molar-refractivity contribution in [3.05, 3.63) is 29.3 Å². The number of nitrogens with one attached hydrogen (secondary N) is 1. The van der Waals surface area contributed by atoms with Crippen LogP contribution in [-0.2, 0) is 12.7 Å². The van der Waals surface area contributed by atoms with Crippen LogP contribution in [0.5, 0.6) is 0 Å². The summed E-state index contributed by atoms with van der Waals surface area (Å²) >= 11 is 1.44. The molecule has 1 aromatic rings. The van der Waals surface area contributed by atoms with Gasteiger partial charge in [0.15, 0.2) is 0 Å². The maximum atomic E-state index is 13.0. The van der Waals surface area contributed by atoms with Gasteiger partial charge in [-0.05, 0) is 38.8 Å². The Morgan fingerprint density at radius 1 is 1.26 bits per heavy atom.